The van der Waals surface area contributed by atoms with Crippen LogP contribution < -0.4 is 9.47 Å². The molecule has 4 heteroatoms. The normalized spacial score (nSPS) is 10.4. The highest BCUT2D eigenvalue weighted by Gasteiger charge is 2.10. The van der Waals surface area contributed by atoms with Gasteiger partial charge >= 0.3 is 0 Å². The fourth-order valence-electron chi connectivity index (χ4n) is 1.44. The molecule has 0 aliphatic heterocycles. The van der Waals surface area contributed by atoms with Crippen molar-refractivity contribution in [1.29, 1.82) is 0 Å². The van der Waals surface area contributed by atoms with Crippen LogP contribution in [0.1, 0.15) is 13.8 Å². The quantitative estimate of drug-likeness (QED) is 0.897. The summed E-state index contributed by atoms with van der Waals surface area (Å²) in [6.07, 6.45) is 1.64. The summed E-state index contributed by atoms with van der Waals surface area (Å²) >= 11 is 0. The van der Waals surface area contributed by atoms with Crippen molar-refractivity contribution in [1.82, 2.24) is 4.98 Å². The molecule has 18 heavy (non-hydrogen) atoms. The van der Waals surface area contributed by atoms with Crippen LogP contribution in [-0.2, 0) is 0 Å². The van der Waals surface area contributed by atoms with E-state index in [2.05, 4.69) is 4.98 Å². The molecule has 1 aromatic heterocycles. The van der Waals surface area contributed by atoms with Gasteiger partial charge in [-0.05, 0) is 38.1 Å². The summed E-state index contributed by atoms with van der Waals surface area (Å²) in [6, 6.07) is 10.3. The molecule has 1 heterocycles. The van der Waals surface area contributed by atoms with Crippen LogP contribution in [0.25, 0.3) is 0 Å². The van der Waals surface area contributed by atoms with Crippen LogP contribution in [0.15, 0.2) is 42.6 Å². The Morgan fingerprint density at radius 2 is 1.78 bits per heavy atom. The minimum absolute atomic E-state index is 0.0286. The van der Waals surface area contributed by atoms with Gasteiger partial charge in [-0.1, -0.05) is 12.1 Å². The highest BCUT2D eigenvalue weighted by molar-refractivity contribution is 5.43. The highest BCUT2D eigenvalue weighted by atomic mass is 16.5. The molecule has 0 unspecified atom stereocenters. The molecule has 1 aromatic carbocycles. The van der Waals surface area contributed by atoms with Crippen molar-refractivity contribution in [2.75, 3.05) is 0 Å². The maximum absolute atomic E-state index is 9.65. The molecule has 0 aliphatic rings. The molecule has 94 valence electrons. The Labute approximate surface area is 106 Å². The fraction of sp³-hybridized carbons (Fsp3) is 0.214. The number of aromatic nitrogens is 1. The minimum Gasteiger partial charge on any atom is -0.504 e. The average Bonchev–Trinajstić information content (AvgIpc) is 2.34. The highest BCUT2D eigenvalue weighted by Crippen LogP contribution is 2.33. The number of aromatic hydroxyl groups is 1. The first-order valence-corrected chi connectivity index (χ1v) is 5.74. The third-order valence-corrected chi connectivity index (χ3v) is 2.17. The van der Waals surface area contributed by atoms with E-state index in [0.29, 0.717) is 17.4 Å². The zero-order valence-corrected chi connectivity index (χ0v) is 10.3. The van der Waals surface area contributed by atoms with E-state index >= 15 is 0 Å². The number of pyridine rings is 1. The number of hydrogen-bond acceptors (Lipinski definition) is 4. The van der Waals surface area contributed by atoms with E-state index < -0.39 is 0 Å². The second-order valence-electron chi connectivity index (χ2n) is 4.04. The number of phenols is 1. The smallest absolute Gasteiger partial charge is 0.262 e. The Balaban J connectivity index is 2.26. The van der Waals surface area contributed by atoms with E-state index in [-0.39, 0.29) is 11.9 Å². The van der Waals surface area contributed by atoms with E-state index in [1.165, 1.54) is 0 Å². The lowest BCUT2D eigenvalue weighted by Crippen LogP contribution is -2.07. The monoisotopic (exact) mass is 245 g/mol. The molecular formula is C14H15NO3. The van der Waals surface area contributed by atoms with Crippen molar-refractivity contribution in [2.45, 2.75) is 20.0 Å². The number of hydrogen-bond donors (Lipinski definition) is 1. The van der Waals surface area contributed by atoms with Crippen molar-refractivity contribution >= 4 is 0 Å². The van der Waals surface area contributed by atoms with Gasteiger partial charge in [0.1, 0.15) is 0 Å². The predicted octanol–water partition coefficient (Wildman–Crippen LogP) is 3.37. The van der Waals surface area contributed by atoms with E-state index in [1.54, 1.807) is 42.6 Å². The Bertz CT molecular complexity index is 526. The summed E-state index contributed by atoms with van der Waals surface area (Å²) in [6.45, 7) is 3.85. The maximum atomic E-state index is 9.65. The standard InChI is InChI=1S/C14H15NO3/c1-10(2)17-13-8-5-9-15-14(13)18-12-7-4-3-6-11(12)16/h3-10,16H,1-2H3. The molecule has 2 aromatic rings. The molecule has 0 amide bonds. The number of rotatable bonds is 4. The average molecular weight is 245 g/mol. The van der Waals surface area contributed by atoms with Gasteiger partial charge < -0.3 is 14.6 Å². The van der Waals surface area contributed by atoms with Crippen molar-refractivity contribution in [3.8, 4) is 23.1 Å². The van der Waals surface area contributed by atoms with Gasteiger partial charge in [-0.15, -0.1) is 0 Å². The van der Waals surface area contributed by atoms with Gasteiger partial charge in [0.15, 0.2) is 17.2 Å². The predicted molar refractivity (Wildman–Crippen MR) is 68.2 cm³/mol. The molecule has 1 N–H and O–H groups in total. The first-order chi connectivity index (χ1) is 8.66. The van der Waals surface area contributed by atoms with E-state index in [9.17, 15) is 5.11 Å². The second-order valence-corrected chi connectivity index (χ2v) is 4.04. The van der Waals surface area contributed by atoms with Gasteiger partial charge in [0.05, 0.1) is 6.10 Å². The molecule has 0 fully saturated rings. The summed E-state index contributed by atoms with van der Waals surface area (Å²) in [5.74, 6) is 1.31. The van der Waals surface area contributed by atoms with Gasteiger partial charge in [-0.3, -0.25) is 0 Å². The number of para-hydroxylation sites is 2. The lowest BCUT2D eigenvalue weighted by Gasteiger charge is -2.13. The first-order valence-electron chi connectivity index (χ1n) is 5.74. The summed E-state index contributed by atoms with van der Waals surface area (Å²) in [4.78, 5) is 4.11. The summed E-state index contributed by atoms with van der Waals surface area (Å²) < 4.78 is 11.1. The molecule has 0 saturated heterocycles. The van der Waals surface area contributed by atoms with Crippen LogP contribution in [0.2, 0.25) is 0 Å². The molecule has 0 spiro atoms. The second kappa shape index (κ2) is 5.40. The largest absolute Gasteiger partial charge is 0.504 e. The van der Waals surface area contributed by atoms with Crippen LogP contribution in [0.4, 0.5) is 0 Å². The Morgan fingerprint density at radius 1 is 1.06 bits per heavy atom. The topological polar surface area (TPSA) is 51.6 Å². The minimum atomic E-state index is 0.0286. The van der Waals surface area contributed by atoms with Crippen LogP contribution in [0.5, 0.6) is 23.1 Å². The third-order valence-electron chi connectivity index (χ3n) is 2.17. The molecule has 0 saturated carbocycles. The SMILES string of the molecule is CC(C)Oc1cccnc1Oc1ccccc1O. The maximum Gasteiger partial charge on any atom is 0.262 e. The number of phenolic OH excluding ortho intramolecular Hbond substituents is 1. The third kappa shape index (κ3) is 2.91. The van der Waals surface area contributed by atoms with Crippen LogP contribution in [0, 0.1) is 0 Å². The lowest BCUT2D eigenvalue weighted by molar-refractivity contribution is 0.230. The van der Waals surface area contributed by atoms with E-state index in [4.69, 9.17) is 9.47 Å². The van der Waals surface area contributed by atoms with Gasteiger partial charge in [-0.25, -0.2) is 4.98 Å². The fourth-order valence-corrected chi connectivity index (χ4v) is 1.44. The first kappa shape index (κ1) is 12.2. The molecule has 0 bridgehead atoms. The Hall–Kier alpha value is -2.23. The van der Waals surface area contributed by atoms with Crippen molar-refractivity contribution in [3.05, 3.63) is 42.6 Å². The molecule has 4 nitrogen and oxygen atoms in total. The molecular weight excluding hydrogens is 230 g/mol. The van der Waals surface area contributed by atoms with Gasteiger partial charge in [0, 0.05) is 6.20 Å². The van der Waals surface area contributed by atoms with Crippen molar-refractivity contribution in [2.24, 2.45) is 0 Å². The number of ether oxygens (including phenoxy) is 2. The van der Waals surface area contributed by atoms with Crippen LogP contribution >= 0.6 is 0 Å². The number of benzene rings is 1. The van der Waals surface area contributed by atoms with Crippen molar-refractivity contribution in [3.63, 3.8) is 0 Å². The Kier molecular flexibility index (Phi) is 3.67. The van der Waals surface area contributed by atoms with Gasteiger partial charge in [0.2, 0.25) is 0 Å². The van der Waals surface area contributed by atoms with Crippen molar-refractivity contribution < 1.29 is 14.6 Å². The van der Waals surface area contributed by atoms with E-state index in [1.807, 2.05) is 13.8 Å². The van der Waals surface area contributed by atoms with Gasteiger partial charge in [-0.2, -0.15) is 0 Å². The molecule has 0 atom stereocenters. The zero-order chi connectivity index (χ0) is 13.0. The van der Waals surface area contributed by atoms with Crippen LogP contribution in [0.3, 0.4) is 0 Å². The zero-order valence-electron chi connectivity index (χ0n) is 10.3. The van der Waals surface area contributed by atoms with E-state index in [0.717, 1.165) is 0 Å². The van der Waals surface area contributed by atoms with Gasteiger partial charge in [0.25, 0.3) is 5.88 Å². The summed E-state index contributed by atoms with van der Waals surface area (Å²) in [5.41, 5.74) is 0. The molecule has 2 rings (SSSR count). The number of nitrogens with zero attached hydrogens (tertiary/aromatic N) is 1. The Morgan fingerprint density at radius 3 is 2.50 bits per heavy atom. The molecule has 0 aliphatic carbocycles. The lowest BCUT2D eigenvalue weighted by atomic mass is 10.3. The summed E-state index contributed by atoms with van der Waals surface area (Å²) in [7, 11) is 0. The van der Waals surface area contributed by atoms with Crippen LogP contribution in [-0.4, -0.2) is 16.2 Å². The summed E-state index contributed by atoms with van der Waals surface area (Å²) in [5, 5.41) is 9.65. The molecule has 0 radical (unpaired) electrons.